The van der Waals surface area contributed by atoms with E-state index in [2.05, 4.69) is 14.9 Å². The molecule has 1 aromatic heterocycles. The van der Waals surface area contributed by atoms with Crippen molar-refractivity contribution >= 4 is 15.7 Å². The van der Waals surface area contributed by atoms with Crippen LogP contribution in [0.25, 0.3) is 0 Å². The lowest BCUT2D eigenvalue weighted by Gasteiger charge is -2.38. The Balaban J connectivity index is 1.40. The largest absolute Gasteiger partial charge is 0.465 e. The number of hydrogen-bond acceptors (Lipinski definition) is 5. The zero-order chi connectivity index (χ0) is 17.4. The number of nitrogens with zero attached hydrogens (tertiary/aromatic N) is 1. The summed E-state index contributed by atoms with van der Waals surface area (Å²) in [5, 5.41) is 3.36. The molecule has 1 fully saturated rings. The van der Waals surface area contributed by atoms with Crippen LogP contribution < -0.4 is 10.0 Å². The average molecular weight is 361 g/mol. The molecular weight excluding hydrogens is 338 g/mol. The van der Waals surface area contributed by atoms with Crippen LogP contribution in [0.5, 0.6) is 0 Å². The highest BCUT2D eigenvalue weighted by molar-refractivity contribution is 7.89. The summed E-state index contributed by atoms with van der Waals surface area (Å²) in [6, 6.07) is 11.1. The van der Waals surface area contributed by atoms with E-state index >= 15 is 0 Å². The minimum atomic E-state index is -3.44. The predicted octanol–water partition coefficient (Wildman–Crippen LogP) is 2.53. The summed E-state index contributed by atoms with van der Waals surface area (Å²) in [5.74, 6) is 2.20. The molecule has 1 aromatic carbocycles. The number of rotatable bonds is 3. The van der Waals surface area contributed by atoms with Crippen LogP contribution in [0.4, 0.5) is 5.69 Å². The molecule has 2 aromatic rings. The fourth-order valence-corrected chi connectivity index (χ4v) is 5.08. The fraction of sp³-hybridized carbons (Fsp3) is 0.444. The molecule has 0 amide bonds. The van der Waals surface area contributed by atoms with Gasteiger partial charge in [0.05, 0.1) is 18.4 Å². The molecule has 1 atom stereocenters. The number of piperidine rings is 1. The second-order valence-corrected chi connectivity index (χ2v) is 8.55. The number of hydrogen-bond donors (Lipinski definition) is 2. The Morgan fingerprint density at radius 1 is 1.16 bits per heavy atom. The molecule has 0 spiro atoms. The molecule has 25 heavy (non-hydrogen) atoms. The number of anilines is 1. The molecule has 3 heterocycles. The molecule has 2 aliphatic heterocycles. The molecule has 1 unspecified atom stereocenters. The van der Waals surface area contributed by atoms with Crippen LogP contribution in [0.15, 0.2) is 45.7 Å². The van der Waals surface area contributed by atoms with E-state index in [1.165, 1.54) is 0 Å². The number of likely N-dealkylation sites (tertiary alicyclic amines) is 1. The third kappa shape index (κ3) is 3.44. The van der Waals surface area contributed by atoms with Crippen molar-refractivity contribution in [1.82, 2.24) is 9.62 Å². The van der Waals surface area contributed by atoms with Crippen molar-refractivity contribution in [3.8, 4) is 0 Å². The van der Waals surface area contributed by atoms with Gasteiger partial charge in [-0.2, -0.15) is 4.72 Å². The SMILES string of the molecule is Cc1ccc(CN2CCC(C3Nc4ccccc4S(=O)(=O)N3)CC2)o1. The van der Waals surface area contributed by atoms with E-state index in [1.807, 2.05) is 31.2 Å². The highest BCUT2D eigenvalue weighted by atomic mass is 32.2. The minimum absolute atomic E-state index is 0.243. The van der Waals surface area contributed by atoms with Crippen molar-refractivity contribution in [2.45, 2.75) is 37.4 Å². The predicted molar refractivity (Wildman–Crippen MR) is 95.6 cm³/mol. The lowest BCUT2D eigenvalue weighted by atomic mass is 9.93. The molecule has 4 rings (SSSR count). The normalized spacial score (nSPS) is 23.8. The van der Waals surface area contributed by atoms with E-state index in [0.717, 1.165) is 44.0 Å². The minimum Gasteiger partial charge on any atom is -0.465 e. The van der Waals surface area contributed by atoms with Gasteiger partial charge < -0.3 is 9.73 Å². The Labute approximate surface area is 148 Å². The Bertz CT molecular complexity index is 854. The number of benzene rings is 1. The van der Waals surface area contributed by atoms with Gasteiger partial charge in [-0.1, -0.05) is 12.1 Å². The fourth-order valence-electron chi connectivity index (χ4n) is 3.70. The summed E-state index contributed by atoms with van der Waals surface area (Å²) < 4.78 is 33.4. The highest BCUT2D eigenvalue weighted by Gasteiger charge is 2.35. The maximum atomic E-state index is 12.5. The molecule has 0 bridgehead atoms. The van der Waals surface area contributed by atoms with E-state index in [1.54, 1.807) is 12.1 Å². The van der Waals surface area contributed by atoms with Crippen LogP contribution in [0.1, 0.15) is 24.4 Å². The summed E-state index contributed by atoms with van der Waals surface area (Å²) in [6.45, 7) is 4.64. The topological polar surface area (TPSA) is 74.6 Å². The molecule has 1 saturated heterocycles. The molecule has 0 aliphatic carbocycles. The van der Waals surface area contributed by atoms with Gasteiger partial charge in [0.25, 0.3) is 0 Å². The van der Waals surface area contributed by atoms with Crippen molar-refractivity contribution < 1.29 is 12.8 Å². The number of fused-ring (bicyclic) bond motifs is 1. The first-order valence-corrected chi connectivity index (χ1v) is 10.2. The summed E-state index contributed by atoms with van der Waals surface area (Å²) in [6.07, 6.45) is 1.65. The van der Waals surface area contributed by atoms with Crippen LogP contribution in [-0.2, 0) is 16.6 Å². The van der Waals surface area contributed by atoms with Crippen LogP contribution >= 0.6 is 0 Å². The van der Waals surface area contributed by atoms with Gasteiger partial charge in [-0.25, -0.2) is 8.42 Å². The Morgan fingerprint density at radius 3 is 2.64 bits per heavy atom. The van der Waals surface area contributed by atoms with Crippen LogP contribution in [0.3, 0.4) is 0 Å². The molecular formula is C18H23N3O3S. The third-order valence-electron chi connectivity index (χ3n) is 5.05. The van der Waals surface area contributed by atoms with Gasteiger partial charge in [0.2, 0.25) is 10.0 Å². The smallest absolute Gasteiger partial charge is 0.244 e. The summed E-state index contributed by atoms with van der Waals surface area (Å²) >= 11 is 0. The molecule has 7 heteroatoms. The zero-order valence-electron chi connectivity index (χ0n) is 14.2. The standard InChI is InChI=1S/C18H23N3O3S/c1-13-6-7-15(24-13)12-21-10-8-14(9-11-21)18-19-16-4-2-3-5-17(16)25(22,23)20-18/h2-7,14,18-20H,8-12H2,1H3. The van der Waals surface area contributed by atoms with Crippen LogP contribution in [0.2, 0.25) is 0 Å². The molecule has 2 aliphatic rings. The first-order valence-electron chi connectivity index (χ1n) is 8.67. The van der Waals surface area contributed by atoms with Gasteiger partial charge in [-0.05, 0) is 63.0 Å². The first-order chi connectivity index (χ1) is 12.0. The summed E-state index contributed by atoms with van der Waals surface area (Å²) in [4.78, 5) is 2.69. The first kappa shape index (κ1) is 16.6. The maximum absolute atomic E-state index is 12.5. The number of nitrogens with one attached hydrogen (secondary N) is 2. The average Bonchev–Trinajstić information content (AvgIpc) is 3.00. The van der Waals surface area contributed by atoms with Crippen LogP contribution in [-0.4, -0.2) is 32.6 Å². The number of furan rings is 1. The second-order valence-electron chi connectivity index (χ2n) is 6.87. The number of para-hydroxylation sites is 1. The molecule has 0 radical (unpaired) electrons. The van der Waals surface area contributed by atoms with Crippen molar-refractivity contribution in [3.63, 3.8) is 0 Å². The summed E-state index contributed by atoms with van der Waals surface area (Å²) in [5.41, 5.74) is 0.694. The van der Waals surface area contributed by atoms with Crippen LogP contribution in [0, 0.1) is 12.8 Å². The highest BCUT2D eigenvalue weighted by Crippen LogP contribution is 2.31. The van der Waals surface area contributed by atoms with Crippen molar-refractivity contribution in [3.05, 3.63) is 47.9 Å². The number of sulfonamides is 1. The number of aryl methyl sites for hydroxylation is 1. The Hall–Kier alpha value is -1.83. The second kappa shape index (κ2) is 6.48. The monoisotopic (exact) mass is 361 g/mol. The van der Waals surface area contributed by atoms with Gasteiger partial charge in [-0.15, -0.1) is 0 Å². The lowest BCUT2D eigenvalue weighted by molar-refractivity contribution is 0.154. The van der Waals surface area contributed by atoms with E-state index in [9.17, 15) is 8.42 Å². The summed E-state index contributed by atoms with van der Waals surface area (Å²) in [7, 11) is -3.44. The van der Waals surface area contributed by atoms with E-state index in [4.69, 9.17) is 4.42 Å². The van der Waals surface area contributed by atoms with Gasteiger partial charge in [0, 0.05) is 0 Å². The molecule has 0 saturated carbocycles. The van der Waals surface area contributed by atoms with Gasteiger partial charge >= 0.3 is 0 Å². The van der Waals surface area contributed by atoms with Crippen molar-refractivity contribution in [2.24, 2.45) is 5.92 Å². The Morgan fingerprint density at radius 2 is 1.92 bits per heavy atom. The van der Waals surface area contributed by atoms with Gasteiger partial charge in [-0.3, -0.25) is 4.90 Å². The lowest BCUT2D eigenvalue weighted by Crippen LogP contribution is -2.51. The van der Waals surface area contributed by atoms with E-state index in [-0.39, 0.29) is 12.1 Å². The van der Waals surface area contributed by atoms with E-state index in [0.29, 0.717) is 10.6 Å². The van der Waals surface area contributed by atoms with Crippen molar-refractivity contribution in [2.75, 3.05) is 18.4 Å². The maximum Gasteiger partial charge on any atom is 0.244 e. The van der Waals surface area contributed by atoms with Gasteiger partial charge in [0.15, 0.2) is 0 Å². The molecule has 2 N–H and O–H groups in total. The molecule has 134 valence electrons. The molecule has 6 nitrogen and oxygen atoms in total. The third-order valence-corrected chi connectivity index (χ3v) is 6.55. The quantitative estimate of drug-likeness (QED) is 0.879. The van der Waals surface area contributed by atoms with Crippen molar-refractivity contribution in [1.29, 1.82) is 0 Å². The van der Waals surface area contributed by atoms with Gasteiger partial charge in [0.1, 0.15) is 16.4 Å². The zero-order valence-corrected chi connectivity index (χ0v) is 15.1. The van der Waals surface area contributed by atoms with E-state index < -0.39 is 10.0 Å². The Kier molecular flexibility index (Phi) is 4.31.